The fourth-order valence-corrected chi connectivity index (χ4v) is 2.66. The standard InChI is InChI=1S/C22H21N3O5/c1-14-8-9-18(23-15(2)26)19(11-14)25-21(27)13-30-17-6-3-5-16(12-17)24-22(28)20-7-4-10-29-20/h3-12H,13H2,1-2H3,(H,23,26)(H,24,28)(H,25,27). The van der Waals surface area contributed by atoms with E-state index in [9.17, 15) is 14.4 Å². The minimum Gasteiger partial charge on any atom is -0.484 e. The highest BCUT2D eigenvalue weighted by molar-refractivity contribution is 6.02. The maximum Gasteiger partial charge on any atom is 0.291 e. The summed E-state index contributed by atoms with van der Waals surface area (Å²) in [7, 11) is 0. The molecule has 1 aromatic heterocycles. The van der Waals surface area contributed by atoms with Crippen molar-refractivity contribution in [3.8, 4) is 5.75 Å². The molecule has 3 N–H and O–H groups in total. The van der Waals surface area contributed by atoms with Gasteiger partial charge in [0.25, 0.3) is 11.8 Å². The summed E-state index contributed by atoms with van der Waals surface area (Å²) < 4.78 is 10.6. The van der Waals surface area contributed by atoms with E-state index in [1.54, 1.807) is 48.5 Å². The molecule has 0 saturated heterocycles. The molecule has 8 nitrogen and oxygen atoms in total. The van der Waals surface area contributed by atoms with Crippen LogP contribution < -0.4 is 20.7 Å². The van der Waals surface area contributed by atoms with Crippen molar-refractivity contribution in [1.29, 1.82) is 0 Å². The first-order valence-corrected chi connectivity index (χ1v) is 9.16. The fraction of sp³-hybridized carbons (Fsp3) is 0.136. The SMILES string of the molecule is CC(=O)Nc1ccc(C)cc1NC(=O)COc1cccc(NC(=O)c2ccco2)c1. The van der Waals surface area contributed by atoms with E-state index >= 15 is 0 Å². The second kappa shape index (κ2) is 9.42. The number of amides is 3. The molecule has 154 valence electrons. The second-order valence-corrected chi connectivity index (χ2v) is 6.53. The van der Waals surface area contributed by atoms with Gasteiger partial charge in [0.05, 0.1) is 17.6 Å². The summed E-state index contributed by atoms with van der Waals surface area (Å²) in [6.45, 7) is 3.03. The van der Waals surface area contributed by atoms with Crippen LogP contribution in [0.4, 0.5) is 17.1 Å². The Morgan fingerprint density at radius 3 is 2.50 bits per heavy atom. The lowest BCUT2D eigenvalue weighted by Gasteiger charge is -2.13. The molecule has 0 bridgehead atoms. The Bertz CT molecular complexity index is 1060. The second-order valence-electron chi connectivity index (χ2n) is 6.53. The fourth-order valence-electron chi connectivity index (χ4n) is 2.66. The van der Waals surface area contributed by atoms with Gasteiger partial charge in [0, 0.05) is 18.7 Å². The minimum absolute atomic E-state index is 0.189. The summed E-state index contributed by atoms with van der Waals surface area (Å²) in [6, 6.07) is 15.2. The number of anilines is 3. The molecule has 30 heavy (non-hydrogen) atoms. The number of rotatable bonds is 7. The largest absolute Gasteiger partial charge is 0.484 e. The van der Waals surface area contributed by atoms with E-state index < -0.39 is 5.91 Å². The van der Waals surface area contributed by atoms with Crippen molar-refractivity contribution in [1.82, 2.24) is 0 Å². The van der Waals surface area contributed by atoms with E-state index in [1.165, 1.54) is 13.2 Å². The average molecular weight is 407 g/mol. The average Bonchev–Trinajstić information content (AvgIpc) is 3.24. The summed E-state index contributed by atoms with van der Waals surface area (Å²) in [4.78, 5) is 35.7. The topological polar surface area (TPSA) is 110 Å². The number of hydrogen-bond donors (Lipinski definition) is 3. The van der Waals surface area contributed by atoms with Crippen LogP contribution in [0.3, 0.4) is 0 Å². The number of aryl methyl sites for hydroxylation is 1. The third-order valence-corrected chi connectivity index (χ3v) is 3.97. The summed E-state index contributed by atoms with van der Waals surface area (Å²) in [5, 5.41) is 8.10. The van der Waals surface area contributed by atoms with Crippen molar-refractivity contribution in [3.05, 3.63) is 72.2 Å². The van der Waals surface area contributed by atoms with Crippen LogP contribution >= 0.6 is 0 Å². The van der Waals surface area contributed by atoms with E-state index in [-0.39, 0.29) is 24.2 Å². The number of ether oxygens (including phenoxy) is 1. The highest BCUT2D eigenvalue weighted by atomic mass is 16.5. The lowest BCUT2D eigenvalue weighted by atomic mass is 10.2. The van der Waals surface area contributed by atoms with Gasteiger partial charge >= 0.3 is 0 Å². The van der Waals surface area contributed by atoms with Crippen molar-refractivity contribution in [2.75, 3.05) is 22.6 Å². The summed E-state index contributed by atoms with van der Waals surface area (Å²) >= 11 is 0. The van der Waals surface area contributed by atoms with Crippen LogP contribution in [0.2, 0.25) is 0 Å². The molecule has 1 heterocycles. The molecule has 0 aliphatic heterocycles. The third-order valence-electron chi connectivity index (χ3n) is 3.97. The van der Waals surface area contributed by atoms with Gasteiger partial charge in [-0.1, -0.05) is 12.1 Å². The quantitative estimate of drug-likeness (QED) is 0.552. The van der Waals surface area contributed by atoms with Crippen LogP contribution in [0.15, 0.2) is 65.3 Å². The Labute approximate surface area is 173 Å². The molecule has 0 aliphatic carbocycles. The van der Waals surface area contributed by atoms with Crippen molar-refractivity contribution in [2.45, 2.75) is 13.8 Å². The van der Waals surface area contributed by atoms with Gasteiger partial charge in [-0.2, -0.15) is 0 Å². The Morgan fingerprint density at radius 1 is 0.933 bits per heavy atom. The van der Waals surface area contributed by atoms with Crippen molar-refractivity contribution < 1.29 is 23.5 Å². The van der Waals surface area contributed by atoms with Gasteiger partial charge in [0.15, 0.2) is 12.4 Å². The van der Waals surface area contributed by atoms with Crippen molar-refractivity contribution >= 4 is 34.8 Å². The predicted octanol–water partition coefficient (Wildman–Crippen LogP) is 3.82. The van der Waals surface area contributed by atoms with Crippen LogP contribution in [-0.2, 0) is 9.59 Å². The highest BCUT2D eigenvalue weighted by Gasteiger charge is 2.11. The smallest absolute Gasteiger partial charge is 0.291 e. The third kappa shape index (κ3) is 5.71. The van der Waals surface area contributed by atoms with Gasteiger partial charge in [-0.3, -0.25) is 14.4 Å². The molecule has 2 aromatic carbocycles. The first-order valence-electron chi connectivity index (χ1n) is 9.16. The van der Waals surface area contributed by atoms with Crippen LogP contribution in [0.1, 0.15) is 23.0 Å². The van der Waals surface area contributed by atoms with E-state index in [0.717, 1.165) is 5.56 Å². The molecule has 0 unspecified atom stereocenters. The number of furan rings is 1. The number of nitrogens with one attached hydrogen (secondary N) is 3. The lowest BCUT2D eigenvalue weighted by Crippen LogP contribution is -2.21. The van der Waals surface area contributed by atoms with Gasteiger partial charge < -0.3 is 25.1 Å². The lowest BCUT2D eigenvalue weighted by molar-refractivity contribution is -0.118. The minimum atomic E-state index is -0.391. The van der Waals surface area contributed by atoms with Crippen molar-refractivity contribution in [2.24, 2.45) is 0 Å². The molecular weight excluding hydrogens is 386 g/mol. The first-order chi connectivity index (χ1) is 14.4. The summed E-state index contributed by atoms with van der Waals surface area (Å²) in [5.41, 5.74) is 2.42. The number of carbonyl (C=O) groups is 3. The Balaban J connectivity index is 1.59. The molecule has 0 atom stereocenters. The van der Waals surface area contributed by atoms with E-state index in [1.807, 2.05) is 13.0 Å². The molecular formula is C22H21N3O5. The van der Waals surface area contributed by atoms with Crippen LogP contribution in [0.25, 0.3) is 0 Å². The zero-order valence-electron chi connectivity index (χ0n) is 16.5. The summed E-state index contributed by atoms with van der Waals surface area (Å²) in [6.07, 6.45) is 1.42. The molecule has 3 aromatic rings. The molecule has 8 heteroatoms. The Kier molecular flexibility index (Phi) is 6.49. The van der Waals surface area contributed by atoms with Gasteiger partial charge in [0.1, 0.15) is 5.75 Å². The van der Waals surface area contributed by atoms with Gasteiger partial charge in [-0.25, -0.2) is 0 Å². The molecule has 0 spiro atoms. The molecule has 3 rings (SSSR count). The molecule has 3 amide bonds. The summed E-state index contributed by atoms with van der Waals surface area (Å²) in [5.74, 6) is -0.418. The van der Waals surface area contributed by atoms with Gasteiger partial charge in [0.2, 0.25) is 5.91 Å². The van der Waals surface area contributed by atoms with Gasteiger partial charge in [-0.05, 0) is 48.9 Å². The zero-order valence-corrected chi connectivity index (χ0v) is 16.5. The number of benzene rings is 2. The van der Waals surface area contributed by atoms with Crippen LogP contribution in [-0.4, -0.2) is 24.3 Å². The first kappa shape index (κ1) is 20.7. The number of carbonyl (C=O) groups excluding carboxylic acids is 3. The molecule has 0 aliphatic rings. The Hall–Kier alpha value is -4.07. The highest BCUT2D eigenvalue weighted by Crippen LogP contribution is 2.23. The maximum atomic E-state index is 12.3. The molecule has 0 saturated carbocycles. The van der Waals surface area contributed by atoms with E-state index in [0.29, 0.717) is 22.8 Å². The van der Waals surface area contributed by atoms with E-state index in [2.05, 4.69) is 16.0 Å². The monoisotopic (exact) mass is 407 g/mol. The molecule has 0 radical (unpaired) electrons. The normalized spacial score (nSPS) is 10.2. The zero-order chi connectivity index (χ0) is 21.5. The van der Waals surface area contributed by atoms with Crippen LogP contribution in [0.5, 0.6) is 5.75 Å². The van der Waals surface area contributed by atoms with Crippen molar-refractivity contribution in [3.63, 3.8) is 0 Å². The maximum absolute atomic E-state index is 12.3. The predicted molar refractivity (Wildman–Crippen MR) is 113 cm³/mol. The van der Waals surface area contributed by atoms with Gasteiger partial charge in [-0.15, -0.1) is 0 Å². The molecule has 0 fully saturated rings. The number of hydrogen-bond acceptors (Lipinski definition) is 5. The van der Waals surface area contributed by atoms with E-state index in [4.69, 9.17) is 9.15 Å². The van der Waals surface area contributed by atoms with Crippen LogP contribution in [0, 0.1) is 6.92 Å². The Morgan fingerprint density at radius 2 is 1.77 bits per heavy atom.